The van der Waals surface area contributed by atoms with Crippen molar-refractivity contribution >= 4 is 27.1 Å². The monoisotopic (exact) mass is 341 g/mol. The van der Waals surface area contributed by atoms with Crippen molar-refractivity contribution < 1.29 is 13.2 Å². The molecular weight excluding hydrogens is 318 g/mol. The van der Waals surface area contributed by atoms with Gasteiger partial charge in [-0.3, -0.25) is 4.79 Å². The lowest BCUT2D eigenvalue weighted by Crippen LogP contribution is -2.36. The molecule has 4 nitrogen and oxygen atoms in total. The molecule has 2 rings (SSSR count). The van der Waals surface area contributed by atoms with Crippen LogP contribution < -0.4 is 0 Å². The van der Waals surface area contributed by atoms with E-state index >= 15 is 0 Å². The molecule has 0 radical (unpaired) electrons. The van der Waals surface area contributed by atoms with Gasteiger partial charge in [0.05, 0.1) is 11.8 Å². The molecular formula is C16H23NO3S2. The molecule has 0 N–H and O–H groups in total. The Morgan fingerprint density at radius 3 is 2.50 bits per heavy atom. The van der Waals surface area contributed by atoms with E-state index in [1.807, 2.05) is 6.92 Å². The molecule has 0 fully saturated rings. The first-order valence-electron chi connectivity index (χ1n) is 6.74. The third kappa shape index (κ3) is 4.18. The predicted molar refractivity (Wildman–Crippen MR) is 93.8 cm³/mol. The molecule has 2 heterocycles. The first-order valence-corrected chi connectivity index (χ1v) is 9.27. The number of carbonyl (C=O) groups excluding carboxylic acids is 1. The molecule has 0 saturated carbocycles. The molecule has 1 aromatic rings. The summed E-state index contributed by atoms with van der Waals surface area (Å²) in [4.78, 5) is 13.5. The molecule has 1 atom stereocenters. The van der Waals surface area contributed by atoms with Gasteiger partial charge in [0.25, 0.3) is 0 Å². The molecule has 0 saturated heterocycles. The summed E-state index contributed by atoms with van der Waals surface area (Å²) >= 11 is 1.23. The first-order chi connectivity index (χ1) is 10.5. The number of rotatable bonds is 3. The van der Waals surface area contributed by atoms with Gasteiger partial charge in [-0.25, -0.2) is 8.42 Å². The number of fused-ring (bicyclic) bond motifs is 1. The quantitative estimate of drug-likeness (QED) is 0.623. The average Bonchev–Trinajstić information content (AvgIpc) is 3.05. The van der Waals surface area contributed by atoms with Crippen molar-refractivity contribution in [2.24, 2.45) is 0 Å². The summed E-state index contributed by atoms with van der Waals surface area (Å²) < 4.78 is 24.2. The highest BCUT2D eigenvalue weighted by Gasteiger charge is 2.35. The number of carbonyl (C=O) groups is 1. The van der Waals surface area contributed by atoms with E-state index in [1.54, 1.807) is 16.3 Å². The first kappa shape index (κ1) is 20.3. The van der Waals surface area contributed by atoms with Crippen molar-refractivity contribution in [1.29, 1.82) is 0 Å². The zero-order chi connectivity index (χ0) is 17.3. The fourth-order valence-electron chi connectivity index (χ4n) is 2.29. The molecule has 1 aliphatic heterocycles. The molecule has 1 amide bonds. The lowest BCUT2D eigenvalue weighted by atomic mass is 10.1. The van der Waals surface area contributed by atoms with Gasteiger partial charge in [-0.1, -0.05) is 6.58 Å². The second kappa shape index (κ2) is 9.38. The fourth-order valence-corrected chi connectivity index (χ4v) is 5.25. The van der Waals surface area contributed by atoms with Crippen molar-refractivity contribution in [2.45, 2.75) is 23.6 Å². The van der Waals surface area contributed by atoms with Crippen LogP contribution in [-0.4, -0.2) is 31.5 Å². The summed E-state index contributed by atoms with van der Waals surface area (Å²) in [6, 6.07) is 1.66. The normalized spacial score (nSPS) is 17.6. The minimum Gasteiger partial charge on any atom is -0.332 e. The number of sulfone groups is 1. The van der Waals surface area contributed by atoms with Gasteiger partial charge < -0.3 is 4.90 Å². The van der Waals surface area contributed by atoms with Crippen LogP contribution >= 0.6 is 11.3 Å². The molecule has 0 spiro atoms. The lowest BCUT2D eigenvalue weighted by molar-refractivity contribution is -0.128. The third-order valence-corrected chi connectivity index (χ3v) is 6.48. The van der Waals surface area contributed by atoms with Crippen molar-refractivity contribution in [1.82, 2.24) is 4.90 Å². The minimum atomic E-state index is -3.15. The Kier molecular flexibility index (Phi) is 8.67. The van der Waals surface area contributed by atoms with Crippen LogP contribution in [0.3, 0.4) is 0 Å². The molecule has 122 valence electrons. The number of amides is 1. The maximum absolute atomic E-state index is 11.9. The van der Waals surface area contributed by atoms with E-state index in [0.29, 0.717) is 17.2 Å². The van der Waals surface area contributed by atoms with Gasteiger partial charge >= 0.3 is 0 Å². The van der Waals surface area contributed by atoms with Crippen LogP contribution in [0.2, 0.25) is 0 Å². The summed E-state index contributed by atoms with van der Waals surface area (Å²) in [5, 5.41) is 1.77. The Morgan fingerprint density at radius 2 is 2.00 bits per heavy atom. The number of hydrogen-bond acceptors (Lipinski definition) is 4. The molecule has 0 aromatic carbocycles. The van der Waals surface area contributed by atoms with E-state index in [0.717, 1.165) is 5.56 Å². The molecule has 1 aliphatic rings. The number of nitrogens with zero attached hydrogens (tertiary/aromatic N) is 1. The van der Waals surface area contributed by atoms with E-state index < -0.39 is 9.84 Å². The molecule has 0 aliphatic carbocycles. The van der Waals surface area contributed by atoms with Crippen molar-refractivity contribution in [2.75, 3.05) is 12.3 Å². The van der Waals surface area contributed by atoms with Crippen LogP contribution in [0.4, 0.5) is 0 Å². The summed E-state index contributed by atoms with van der Waals surface area (Å²) in [6.45, 7) is 17.9. The summed E-state index contributed by atoms with van der Waals surface area (Å²) in [5.41, 5.74) is 0.753. The molecule has 0 bridgehead atoms. The number of hydrogen-bond donors (Lipinski definition) is 0. The molecule has 1 aromatic heterocycles. The number of thiophene rings is 1. The van der Waals surface area contributed by atoms with Gasteiger partial charge in [0.1, 0.15) is 4.21 Å². The van der Waals surface area contributed by atoms with Gasteiger partial charge in [-0.15, -0.1) is 37.7 Å². The highest BCUT2D eigenvalue weighted by molar-refractivity contribution is 7.93. The smallest absolute Gasteiger partial charge is 0.246 e. The van der Waals surface area contributed by atoms with Gasteiger partial charge in [0.15, 0.2) is 9.84 Å². The minimum absolute atomic E-state index is 0.103. The van der Waals surface area contributed by atoms with Crippen molar-refractivity contribution in [3.05, 3.63) is 56.0 Å². The standard InChI is InChI=1S/C12H15NO3S2.2C2H4/c1-3-11(14)13(4-2)10-6-8-18(15,16)12-9(10)5-7-17-12;2*1-2/h3,5,7,10H,1,4,6,8H2,2H3;2*1-2H2. The van der Waals surface area contributed by atoms with E-state index in [9.17, 15) is 13.2 Å². The fraction of sp³-hybridized carbons (Fsp3) is 0.312. The highest BCUT2D eigenvalue weighted by Crippen LogP contribution is 2.39. The maximum Gasteiger partial charge on any atom is 0.246 e. The van der Waals surface area contributed by atoms with Crippen LogP contribution in [0.1, 0.15) is 24.9 Å². The van der Waals surface area contributed by atoms with Crippen LogP contribution in [0.5, 0.6) is 0 Å². The highest BCUT2D eigenvalue weighted by atomic mass is 32.2. The van der Waals surface area contributed by atoms with E-state index in [4.69, 9.17) is 0 Å². The Bertz CT molecular complexity index is 603. The van der Waals surface area contributed by atoms with E-state index in [-0.39, 0.29) is 17.7 Å². The maximum atomic E-state index is 11.9. The molecule has 22 heavy (non-hydrogen) atoms. The largest absolute Gasteiger partial charge is 0.332 e. The van der Waals surface area contributed by atoms with Crippen LogP contribution in [-0.2, 0) is 14.6 Å². The van der Waals surface area contributed by atoms with Crippen LogP contribution in [0.25, 0.3) is 0 Å². The van der Waals surface area contributed by atoms with Crippen molar-refractivity contribution in [3.63, 3.8) is 0 Å². The van der Waals surface area contributed by atoms with E-state index in [2.05, 4.69) is 32.9 Å². The summed E-state index contributed by atoms with van der Waals surface area (Å²) in [5.74, 6) is -0.0505. The van der Waals surface area contributed by atoms with Gasteiger partial charge in [0.2, 0.25) is 5.91 Å². The van der Waals surface area contributed by atoms with Gasteiger partial charge in [-0.05, 0) is 30.9 Å². The third-order valence-electron chi connectivity index (χ3n) is 3.13. The second-order valence-corrected chi connectivity index (χ2v) is 7.34. The number of likely N-dealkylation sites (N-methyl/N-ethyl adjacent to an activating group) is 1. The predicted octanol–water partition coefficient (Wildman–Crippen LogP) is 3.61. The Morgan fingerprint density at radius 1 is 1.41 bits per heavy atom. The topological polar surface area (TPSA) is 54.5 Å². The zero-order valence-corrected chi connectivity index (χ0v) is 14.6. The van der Waals surface area contributed by atoms with Gasteiger partial charge in [0, 0.05) is 12.1 Å². The SMILES string of the molecule is C=C.C=C.C=CC(=O)N(CC)C1CCS(=O)(=O)c2sccc21. The lowest BCUT2D eigenvalue weighted by Gasteiger charge is -2.32. The average molecular weight is 341 g/mol. The summed E-state index contributed by atoms with van der Waals surface area (Å²) in [6.07, 6.45) is 1.73. The van der Waals surface area contributed by atoms with E-state index in [1.165, 1.54) is 17.4 Å². The molecule has 1 unspecified atom stereocenters. The molecule has 6 heteroatoms. The Balaban J connectivity index is 0.00000102. The zero-order valence-electron chi connectivity index (χ0n) is 13.0. The Hall–Kier alpha value is -1.66. The summed E-state index contributed by atoms with van der Waals surface area (Å²) in [7, 11) is -3.15. The second-order valence-electron chi connectivity index (χ2n) is 4.12. The van der Waals surface area contributed by atoms with Crippen LogP contribution in [0, 0.1) is 0 Å². The Labute approximate surface area is 137 Å². The van der Waals surface area contributed by atoms with Gasteiger partial charge in [-0.2, -0.15) is 0 Å². The van der Waals surface area contributed by atoms with Crippen molar-refractivity contribution in [3.8, 4) is 0 Å². The van der Waals surface area contributed by atoms with Crippen LogP contribution in [0.15, 0.2) is 54.6 Å².